The molecule has 1 aliphatic heterocycles. The van der Waals surface area contributed by atoms with Crippen LogP contribution in [-0.4, -0.2) is 41.5 Å². The summed E-state index contributed by atoms with van der Waals surface area (Å²) in [4.78, 5) is 18.9. The minimum absolute atomic E-state index is 0.0658. The lowest BCUT2D eigenvalue weighted by molar-refractivity contribution is 0.0655. The number of rotatable bonds is 2. The standard InChI is InChI=1S/C17H19N3O/c1-13-11-18-9-10-20(13)17(21)15-7-8-16(19-12-15)14-5-3-2-4-6-14/h2-8,12-13,18H,9-11H2,1H3/t13-/m0/s1. The van der Waals surface area contributed by atoms with Gasteiger partial charge in [-0.3, -0.25) is 9.78 Å². The Balaban J connectivity index is 1.79. The highest BCUT2D eigenvalue weighted by molar-refractivity contribution is 5.94. The molecule has 4 nitrogen and oxygen atoms in total. The van der Waals surface area contributed by atoms with Crippen molar-refractivity contribution in [2.75, 3.05) is 19.6 Å². The molecular formula is C17H19N3O. The fourth-order valence-electron chi connectivity index (χ4n) is 2.61. The second-order valence-electron chi connectivity index (χ2n) is 5.35. The van der Waals surface area contributed by atoms with E-state index in [0.717, 1.165) is 30.9 Å². The smallest absolute Gasteiger partial charge is 0.255 e. The molecule has 1 fully saturated rings. The van der Waals surface area contributed by atoms with Crippen molar-refractivity contribution < 1.29 is 4.79 Å². The molecule has 0 bridgehead atoms. The van der Waals surface area contributed by atoms with Gasteiger partial charge in [-0.2, -0.15) is 0 Å². The van der Waals surface area contributed by atoms with Crippen molar-refractivity contribution >= 4 is 5.91 Å². The number of nitrogens with one attached hydrogen (secondary N) is 1. The predicted molar refractivity (Wildman–Crippen MR) is 83.0 cm³/mol. The quantitative estimate of drug-likeness (QED) is 0.917. The molecule has 108 valence electrons. The molecule has 0 aliphatic carbocycles. The molecule has 4 heteroatoms. The minimum atomic E-state index is 0.0658. The first-order valence-corrected chi connectivity index (χ1v) is 7.29. The van der Waals surface area contributed by atoms with Gasteiger partial charge in [0.05, 0.1) is 11.3 Å². The maximum Gasteiger partial charge on any atom is 0.255 e. The number of aromatic nitrogens is 1. The maximum absolute atomic E-state index is 12.5. The van der Waals surface area contributed by atoms with Gasteiger partial charge < -0.3 is 10.2 Å². The molecule has 0 unspecified atom stereocenters. The molecular weight excluding hydrogens is 262 g/mol. The van der Waals surface area contributed by atoms with E-state index in [1.165, 1.54) is 0 Å². The average molecular weight is 281 g/mol. The Hall–Kier alpha value is -2.20. The summed E-state index contributed by atoms with van der Waals surface area (Å²) < 4.78 is 0. The van der Waals surface area contributed by atoms with Crippen molar-refractivity contribution in [2.24, 2.45) is 0 Å². The summed E-state index contributed by atoms with van der Waals surface area (Å²) in [5.41, 5.74) is 2.61. The molecule has 21 heavy (non-hydrogen) atoms. The van der Waals surface area contributed by atoms with Crippen LogP contribution in [0.2, 0.25) is 0 Å². The molecule has 0 radical (unpaired) electrons. The Labute approximate surface area is 124 Å². The molecule has 2 heterocycles. The number of benzene rings is 1. The first-order chi connectivity index (χ1) is 10.3. The highest BCUT2D eigenvalue weighted by Gasteiger charge is 2.24. The number of hydrogen-bond acceptors (Lipinski definition) is 3. The lowest BCUT2D eigenvalue weighted by atomic mass is 10.1. The van der Waals surface area contributed by atoms with E-state index in [1.54, 1.807) is 6.20 Å². The fourth-order valence-corrected chi connectivity index (χ4v) is 2.61. The number of carbonyl (C=O) groups excluding carboxylic acids is 1. The van der Waals surface area contributed by atoms with E-state index < -0.39 is 0 Å². The van der Waals surface area contributed by atoms with Gasteiger partial charge in [-0.25, -0.2) is 0 Å². The number of hydrogen-bond donors (Lipinski definition) is 1. The number of nitrogens with zero attached hydrogens (tertiary/aromatic N) is 2. The Morgan fingerprint density at radius 2 is 2.05 bits per heavy atom. The van der Waals surface area contributed by atoms with E-state index >= 15 is 0 Å². The van der Waals surface area contributed by atoms with E-state index in [1.807, 2.05) is 47.4 Å². The molecule has 3 rings (SSSR count). The zero-order valence-corrected chi connectivity index (χ0v) is 12.1. The highest BCUT2D eigenvalue weighted by atomic mass is 16.2. The van der Waals surface area contributed by atoms with Crippen LogP contribution in [0.15, 0.2) is 48.7 Å². The van der Waals surface area contributed by atoms with Gasteiger partial charge in [-0.1, -0.05) is 30.3 Å². The SMILES string of the molecule is C[C@H]1CNCCN1C(=O)c1ccc(-c2ccccc2)nc1. The molecule has 0 spiro atoms. The molecule has 1 aromatic heterocycles. The fraction of sp³-hybridized carbons (Fsp3) is 0.294. The highest BCUT2D eigenvalue weighted by Crippen LogP contribution is 2.17. The molecule has 1 aromatic carbocycles. The number of piperazine rings is 1. The van der Waals surface area contributed by atoms with Crippen LogP contribution < -0.4 is 5.32 Å². The second-order valence-corrected chi connectivity index (χ2v) is 5.35. The Morgan fingerprint density at radius 3 is 2.71 bits per heavy atom. The van der Waals surface area contributed by atoms with E-state index in [-0.39, 0.29) is 11.9 Å². The van der Waals surface area contributed by atoms with E-state index in [9.17, 15) is 4.79 Å². The minimum Gasteiger partial charge on any atom is -0.333 e. The molecule has 2 aromatic rings. The van der Waals surface area contributed by atoms with Crippen LogP contribution >= 0.6 is 0 Å². The number of carbonyl (C=O) groups is 1. The van der Waals surface area contributed by atoms with Crippen LogP contribution in [0.5, 0.6) is 0 Å². The lowest BCUT2D eigenvalue weighted by Crippen LogP contribution is -2.52. The molecule has 1 N–H and O–H groups in total. The average Bonchev–Trinajstić information content (AvgIpc) is 2.56. The Bertz CT molecular complexity index is 610. The third-order valence-corrected chi connectivity index (χ3v) is 3.84. The van der Waals surface area contributed by atoms with Crippen LogP contribution in [0.1, 0.15) is 17.3 Å². The van der Waals surface area contributed by atoms with Crippen molar-refractivity contribution in [3.05, 3.63) is 54.2 Å². The van der Waals surface area contributed by atoms with Crippen molar-refractivity contribution in [1.29, 1.82) is 0 Å². The van der Waals surface area contributed by atoms with Gasteiger partial charge >= 0.3 is 0 Å². The zero-order valence-electron chi connectivity index (χ0n) is 12.1. The van der Waals surface area contributed by atoms with Gasteiger partial charge in [-0.05, 0) is 19.1 Å². The lowest BCUT2D eigenvalue weighted by Gasteiger charge is -2.34. The maximum atomic E-state index is 12.5. The van der Waals surface area contributed by atoms with Gasteiger partial charge in [0.25, 0.3) is 5.91 Å². The monoisotopic (exact) mass is 281 g/mol. The normalized spacial score (nSPS) is 18.5. The van der Waals surface area contributed by atoms with Crippen molar-refractivity contribution in [1.82, 2.24) is 15.2 Å². The Kier molecular flexibility index (Phi) is 3.97. The summed E-state index contributed by atoms with van der Waals surface area (Å²) >= 11 is 0. The summed E-state index contributed by atoms with van der Waals surface area (Å²) in [6.45, 7) is 4.52. The van der Waals surface area contributed by atoms with Gasteiger partial charge in [0.15, 0.2) is 0 Å². The van der Waals surface area contributed by atoms with Crippen molar-refractivity contribution in [3.63, 3.8) is 0 Å². The van der Waals surface area contributed by atoms with Crippen LogP contribution in [0.25, 0.3) is 11.3 Å². The van der Waals surface area contributed by atoms with E-state index in [2.05, 4.69) is 17.2 Å². The van der Waals surface area contributed by atoms with Crippen molar-refractivity contribution in [2.45, 2.75) is 13.0 Å². The number of pyridine rings is 1. The van der Waals surface area contributed by atoms with Crippen molar-refractivity contribution in [3.8, 4) is 11.3 Å². The first kappa shape index (κ1) is 13.8. The molecule has 1 amide bonds. The third-order valence-electron chi connectivity index (χ3n) is 3.84. The predicted octanol–water partition coefficient (Wildman–Crippen LogP) is 2.18. The first-order valence-electron chi connectivity index (χ1n) is 7.29. The van der Waals surface area contributed by atoms with Crippen LogP contribution in [0.4, 0.5) is 0 Å². The van der Waals surface area contributed by atoms with Crippen LogP contribution in [0, 0.1) is 0 Å². The van der Waals surface area contributed by atoms with E-state index in [0.29, 0.717) is 5.56 Å². The van der Waals surface area contributed by atoms with Gasteiger partial charge in [0.2, 0.25) is 0 Å². The topological polar surface area (TPSA) is 45.2 Å². The van der Waals surface area contributed by atoms with Gasteiger partial charge in [0, 0.05) is 37.4 Å². The summed E-state index contributed by atoms with van der Waals surface area (Å²) in [7, 11) is 0. The molecule has 1 saturated heterocycles. The Morgan fingerprint density at radius 1 is 1.24 bits per heavy atom. The number of amides is 1. The molecule has 1 atom stereocenters. The summed E-state index contributed by atoms with van der Waals surface area (Å²) in [5, 5.41) is 3.29. The molecule has 1 aliphatic rings. The summed E-state index contributed by atoms with van der Waals surface area (Å²) in [6, 6.07) is 14.0. The van der Waals surface area contributed by atoms with Gasteiger partial charge in [0.1, 0.15) is 0 Å². The van der Waals surface area contributed by atoms with Gasteiger partial charge in [-0.15, -0.1) is 0 Å². The zero-order chi connectivity index (χ0) is 14.7. The largest absolute Gasteiger partial charge is 0.333 e. The summed E-state index contributed by atoms with van der Waals surface area (Å²) in [5.74, 6) is 0.0658. The van der Waals surface area contributed by atoms with Crippen LogP contribution in [0.3, 0.4) is 0 Å². The third kappa shape index (κ3) is 2.95. The van der Waals surface area contributed by atoms with Crippen LogP contribution in [-0.2, 0) is 0 Å². The summed E-state index contributed by atoms with van der Waals surface area (Å²) in [6.07, 6.45) is 1.68. The molecule has 0 saturated carbocycles. The van der Waals surface area contributed by atoms with E-state index in [4.69, 9.17) is 0 Å². The second kappa shape index (κ2) is 6.06.